The molecule has 2 fully saturated rings. The lowest BCUT2D eigenvalue weighted by molar-refractivity contribution is -0.143. The summed E-state index contributed by atoms with van der Waals surface area (Å²) < 4.78 is 5.41. The molecule has 0 saturated carbocycles. The summed E-state index contributed by atoms with van der Waals surface area (Å²) in [6, 6.07) is 0. The van der Waals surface area contributed by atoms with E-state index in [1.807, 2.05) is 20.8 Å². The molecule has 0 aromatic rings. The predicted octanol–water partition coefficient (Wildman–Crippen LogP) is 1.34. The minimum Gasteiger partial charge on any atom is -0.481 e. The SMILES string of the molecule is CC(C)(C)OC(=O)N1CCN(CCN2CCC(C(=O)O)CC2)CC1. The molecular formula is C17H31N3O4. The second kappa shape index (κ2) is 8.16. The minimum atomic E-state index is -0.659. The molecule has 2 aliphatic rings. The van der Waals surface area contributed by atoms with E-state index in [0.29, 0.717) is 13.1 Å². The molecule has 138 valence electrons. The molecule has 0 unspecified atom stereocenters. The Labute approximate surface area is 144 Å². The Morgan fingerprint density at radius 3 is 1.92 bits per heavy atom. The molecule has 1 amide bonds. The lowest BCUT2D eigenvalue weighted by Gasteiger charge is -2.37. The highest BCUT2D eigenvalue weighted by molar-refractivity contribution is 5.70. The van der Waals surface area contributed by atoms with Crippen molar-refractivity contribution in [1.82, 2.24) is 14.7 Å². The average Bonchev–Trinajstić information content (AvgIpc) is 2.52. The Balaban J connectivity index is 1.63. The fraction of sp³-hybridized carbons (Fsp3) is 0.882. The largest absolute Gasteiger partial charge is 0.481 e. The molecular weight excluding hydrogens is 310 g/mol. The number of carbonyl (C=O) groups excluding carboxylic acids is 1. The van der Waals surface area contributed by atoms with Gasteiger partial charge in [0.1, 0.15) is 5.60 Å². The van der Waals surface area contributed by atoms with E-state index in [0.717, 1.165) is 52.1 Å². The number of piperazine rings is 1. The summed E-state index contributed by atoms with van der Waals surface area (Å²) in [6.07, 6.45) is 1.28. The number of ether oxygens (including phenoxy) is 1. The van der Waals surface area contributed by atoms with Gasteiger partial charge in [-0.05, 0) is 46.7 Å². The van der Waals surface area contributed by atoms with Crippen LogP contribution in [0, 0.1) is 5.92 Å². The van der Waals surface area contributed by atoms with Gasteiger partial charge in [0.15, 0.2) is 0 Å². The molecule has 0 radical (unpaired) electrons. The van der Waals surface area contributed by atoms with Crippen LogP contribution >= 0.6 is 0 Å². The first-order valence-corrected chi connectivity index (χ1v) is 8.90. The van der Waals surface area contributed by atoms with Gasteiger partial charge in [-0.25, -0.2) is 4.79 Å². The standard InChI is InChI=1S/C17H31N3O4/c1-17(2,3)24-16(23)20-12-10-19(11-13-20)9-8-18-6-4-14(5-7-18)15(21)22/h14H,4-13H2,1-3H3,(H,21,22). The first-order valence-electron chi connectivity index (χ1n) is 8.90. The summed E-state index contributed by atoms with van der Waals surface area (Å²) in [5.41, 5.74) is -0.448. The van der Waals surface area contributed by atoms with Crippen molar-refractivity contribution in [3.8, 4) is 0 Å². The summed E-state index contributed by atoms with van der Waals surface area (Å²) in [5, 5.41) is 9.03. The molecule has 0 aromatic carbocycles. The molecule has 2 aliphatic heterocycles. The highest BCUT2D eigenvalue weighted by Gasteiger charge is 2.27. The smallest absolute Gasteiger partial charge is 0.410 e. The highest BCUT2D eigenvalue weighted by Crippen LogP contribution is 2.17. The summed E-state index contributed by atoms with van der Waals surface area (Å²) in [7, 11) is 0. The van der Waals surface area contributed by atoms with E-state index in [4.69, 9.17) is 9.84 Å². The van der Waals surface area contributed by atoms with E-state index in [1.165, 1.54) is 0 Å². The first-order chi connectivity index (χ1) is 11.2. The van der Waals surface area contributed by atoms with Crippen LogP contribution in [0.3, 0.4) is 0 Å². The number of piperidine rings is 1. The van der Waals surface area contributed by atoms with Gasteiger partial charge in [0, 0.05) is 39.3 Å². The maximum Gasteiger partial charge on any atom is 0.410 e. The van der Waals surface area contributed by atoms with Gasteiger partial charge < -0.3 is 19.6 Å². The third kappa shape index (κ3) is 5.94. The molecule has 2 saturated heterocycles. The van der Waals surface area contributed by atoms with E-state index < -0.39 is 11.6 Å². The van der Waals surface area contributed by atoms with Gasteiger partial charge >= 0.3 is 12.1 Å². The summed E-state index contributed by atoms with van der Waals surface area (Å²) >= 11 is 0. The topological polar surface area (TPSA) is 73.3 Å². The average molecular weight is 341 g/mol. The number of likely N-dealkylation sites (tertiary alicyclic amines) is 1. The molecule has 2 heterocycles. The number of carboxylic acids is 1. The van der Waals surface area contributed by atoms with Crippen LogP contribution in [0.5, 0.6) is 0 Å². The second-order valence-corrected chi connectivity index (χ2v) is 7.76. The van der Waals surface area contributed by atoms with Gasteiger partial charge in [0.2, 0.25) is 0 Å². The van der Waals surface area contributed by atoms with Gasteiger partial charge in [-0.1, -0.05) is 0 Å². The van der Waals surface area contributed by atoms with Crippen molar-refractivity contribution in [2.75, 3.05) is 52.4 Å². The van der Waals surface area contributed by atoms with Gasteiger partial charge in [-0.2, -0.15) is 0 Å². The second-order valence-electron chi connectivity index (χ2n) is 7.76. The van der Waals surface area contributed by atoms with E-state index in [1.54, 1.807) is 4.90 Å². The van der Waals surface area contributed by atoms with Crippen molar-refractivity contribution < 1.29 is 19.4 Å². The van der Waals surface area contributed by atoms with Crippen molar-refractivity contribution >= 4 is 12.1 Å². The van der Waals surface area contributed by atoms with Crippen LogP contribution in [0.25, 0.3) is 0 Å². The van der Waals surface area contributed by atoms with Crippen LogP contribution in [-0.2, 0) is 9.53 Å². The summed E-state index contributed by atoms with van der Waals surface area (Å²) in [6.45, 7) is 12.5. The Morgan fingerprint density at radius 2 is 1.46 bits per heavy atom. The molecule has 0 aromatic heterocycles. The molecule has 24 heavy (non-hydrogen) atoms. The van der Waals surface area contributed by atoms with Crippen molar-refractivity contribution in [3.63, 3.8) is 0 Å². The van der Waals surface area contributed by atoms with Gasteiger partial charge in [-0.3, -0.25) is 9.69 Å². The van der Waals surface area contributed by atoms with Crippen molar-refractivity contribution in [2.45, 2.75) is 39.2 Å². The lowest BCUT2D eigenvalue weighted by Crippen LogP contribution is -2.51. The molecule has 7 heteroatoms. The Bertz CT molecular complexity index is 434. The van der Waals surface area contributed by atoms with Crippen LogP contribution in [0.1, 0.15) is 33.6 Å². The normalized spacial score (nSPS) is 21.7. The van der Waals surface area contributed by atoms with Crippen LogP contribution in [0.15, 0.2) is 0 Å². The van der Waals surface area contributed by atoms with Gasteiger partial charge in [0.05, 0.1) is 5.92 Å². The Morgan fingerprint density at radius 1 is 0.958 bits per heavy atom. The highest BCUT2D eigenvalue weighted by atomic mass is 16.6. The van der Waals surface area contributed by atoms with Crippen LogP contribution < -0.4 is 0 Å². The number of amides is 1. The van der Waals surface area contributed by atoms with E-state index in [2.05, 4.69) is 9.80 Å². The fourth-order valence-electron chi connectivity index (χ4n) is 3.17. The zero-order valence-corrected chi connectivity index (χ0v) is 15.2. The van der Waals surface area contributed by atoms with Gasteiger partial charge in [-0.15, -0.1) is 0 Å². The quantitative estimate of drug-likeness (QED) is 0.832. The fourth-order valence-corrected chi connectivity index (χ4v) is 3.17. The number of aliphatic carboxylic acids is 1. The van der Waals surface area contributed by atoms with Crippen LogP contribution in [0.2, 0.25) is 0 Å². The number of hydrogen-bond acceptors (Lipinski definition) is 5. The number of carbonyl (C=O) groups is 2. The Kier molecular flexibility index (Phi) is 6.46. The molecule has 2 rings (SSSR count). The molecule has 0 aliphatic carbocycles. The number of carboxylic acid groups (broad SMARTS) is 1. The lowest BCUT2D eigenvalue weighted by atomic mass is 9.97. The molecule has 0 spiro atoms. The molecule has 1 N–H and O–H groups in total. The third-order valence-corrected chi connectivity index (χ3v) is 4.69. The molecule has 0 atom stereocenters. The minimum absolute atomic E-state index is 0.168. The first kappa shape index (κ1) is 19.0. The molecule has 0 bridgehead atoms. The van der Waals surface area contributed by atoms with E-state index in [9.17, 15) is 9.59 Å². The predicted molar refractivity (Wildman–Crippen MR) is 91.0 cm³/mol. The third-order valence-electron chi connectivity index (χ3n) is 4.69. The number of rotatable bonds is 4. The van der Waals surface area contributed by atoms with Crippen molar-refractivity contribution in [1.29, 1.82) is 0 Å². The molecule has 7 nitrogen and oxygen atoms in total. The van der Waals surface area contributed by atoms with Crippen LogP contribution in [-0.4, -0.2) is 89.8 Å². The maximum absolute atomic E-state index is 12.0. The van der Waals surface area contributed by atoms with E-state index in [-0.39, 0.29) is 12.0 Å². The number of hydrogen-bond donors (Lipinski definition) is 1. The monoisotopic (exact) mass is 341 g/mol. The van der Waals surface area contributed by atoms with Crippen molar-refractivity contribution in [2.24, 2.45) is 5.92 Å². The maximum atomic E-state index is 12.0. The Hall–Kier alpha value is -1.34. The zero-order valence-electron chi connectivity index (χ0n) is 15.2. The number of nitrogens with zero attached hydrogens (tertiary/aromatic N) is 3. The van der Waals surface area contributed by atoms with E-state index >= 15 is 0 Å². The summed E-state index contributed by atoms with van der Waals surface area (Å²) in [4.78, 5) is 29.5. The van der Waals surface area contributed by atoms with Gasteiger partial charge in [0.25, 0.3) is 0 Å². The van der Waals surface area contributed by atoms with Crippen LogP contribution in [0.4, 0.5) is 4.79 Å². The summed E-state index contributed by atoms with van der Waals surface area (Å²) in [5.74, 6) is -0.827. The van der Waals surface area contributed by atoms with Crippen molar-refractivity contribution in [3.05, 3.63) is 0 Å². The zero-order chi connectivity index (χ0) is 17.7.